The number of hydrogen-bond donors (Lipinski definition) is 1. The number of rotatable bonds is 4. The van der Waals surface area contributed by atoms with Crippen molar-refractivity contribution in [3.63, 3.8) is 0 Å². The van der Waals surface area contributed by atoms with E-state index in [4.69, 9.17) is 27.2 Å². The van der Waals surface area contributed by atoms with E-state index in [-0.39, 0.29) is 6.10 Å². The lowest BCUT2D eigenvalue weighted by atomic mass is 10.2. The molecule has 4 rings (SSSR count). The fourth-order valence-electron chi connectivity index (χ4n) is 4.22. The zero-order chi connectivity index (χ0) is 21.1. The number of piperazine rings is 1. The zero-order valence-electron chi connectivity index (χ0n) is 17.8. The predicted octanol–water partition coefficient (Wildman–Crippen LogP) is 0.475. The SMILES string of the molecule is C/C=c1\c(N2CCOC(CN3CCN(C)CC3)C2)nn(-c2ccc(Cl)cc2)\c1=C\N. The molecule has 1 aromatic heterocycles. The Morgan fingerprint density at radius 3 is 2.57 bits per heavy atom. The van der Waals surface area contributed by atoms with E-state index >= 15 is 0 Å². The van der Waals surface area contributed by atoms with E-state index in [1.54, 1.807) is 6.20 Å². The number of ether oxygens (including phenoxy) is 1. The average molecular weight is 431 g/mol. The Bertz CT molecular complexity index is 965. The third-order valence-corrected chi connectivity index (χ3v) is 6.21. The normalized spacial score (nSPS) is 22.8. The molecule has 3 heterocycles. The van der Waals surface area contributed by atoms with Crippen molar-refractivity contribution in [2.24, 2.45) is 5.73 Å². The highest BCUT2D eigenvalue weighted by atomic mass is 35.5. The summed E-state index contributed by atoms with van der Waals surface area (Å²) in [6.07, 6.45) is 3.89. The molecule has 0 radical (unpaired) electrons. The maximum Gasteiger partial charge on any atom is 0.158 e. The molecule has 8 heteroatoms. The van der Waals surface area contributed by atoms with Gasteiger partial charge in [0, 0.05) is 62.3 Å². The van der Waals surface area contributed by atoms with Crippen LogP contribution in [0.25, 0.3) is 18.0 Å². The maximum atomic E-state index is 6.11. The highest BCUT2D eigenvalue weighted by molar-refractivity contribution is 6.30. The van der Waals surface area contributed by atoms with Crippen LogP contribution in [-0.4, -0.2) is 85.2 Å². The van der Waals surface area contributed by atoms with Gasteiger partial charge >= 0.3 is 0 Å². The first kappa shape index (κ1) is 21.2. The van der Waals surface area contributed by atoms with Crippen molar-refractivity contribution in [2.45, 2.75) is 13.0 Å². The number of aromatic nitrogens is 2. The van der Waals surface area contributed by atoms with Crippen LogP contribution in [-0.2, 0) is 4.74 Å². The van der Waals surface area contributed by atoms with Gasteiger partial charge in [0.25, 0.3) is 0 Å². The molecule has 1 atom stereocenters. The largest absolute Gasteiger partial charge is 0.403 e. The molecule has 2 aliphatic rings. The summed E-state index contributed by atoms with van der Waals surface area (Å²) in [5, 5.41) is 7.58. The number of nitrogens with zero attached hydrogens (tertiary/aromatic N) is 5. The first-order chi connectivity index (χ1) is 14.6. The lowest BCUT2D eigenvalue weighted by Crippen LogP contribution is -2.52. The van der Waals surface area contributed by atoms with Gasteiger partial charge in [-0.3, -0.25) is 4.90 Å². The van der Waals surface area contributed by atoms with E-state index in [1.165, 1.54) is 0 Å². The first-order valence-corrected chi connectivity index (χ1v) is 11.0. The number of benzene rings is 1. The molecular weight excluding hydrogens is 400 g/mol. The molecule has 0 saturated carbocycles. The lowest BCUT2D eigenvalue weighted by molar-refractivity contribution is 0.00657. The predicted molar refractivity (Wildman–Crippen MR) is 123 cm³/mol. The smallest absolute Gasteiger partial charge is 0.158 e. The molecule has 30 heavy (non-hydrogen) atoms. The summed E-state index contributed by atoms with van der Waals surface area (Å²) in [7, 11) is 2.18. The van der Waals surface area contributed by atoms with E-state index < -0.39 is 0 Å². The van der Waals surface area contributed by atoms with Gasteiger partial charge in [-0.2, -0.15) is 0 Å². The van der Waals surface area contributed by atoms with Crippen LogP contribution in [0, 0.1) is 0 Å². The minimum atomic E-state index is 0.179. The van der Waals surface area contributed by atoms with Crippen LogP contribution in [0.5, 0.6) is 0 Å². The number of morpholine rings is 1. The first-order valence-electron chi connectivity index (χ1n) is 10.6. The van der Waals surface area contributed by atoms with E-state index in [9.17, 15) is 0 Å². The molecular formula is C22H31ClN6O. The average Bonchev–Trinajstić information content (AvgIpc) is 3.15. The number of hydrogen-bond acceptors (Lipinski definition) is 6. The van der Waals surface area contributed by atoms with Crippen molar-refractivity contribution in [2.75, 3.05) is 64.4 Å². The van der Waals surface area contributed by atoms with Crippen LogP contribution in [0.3, 0.4) is 0 Å². The zero-order valence-corrected chi connectivity index (χ0v) is 18.6. The van der Waals surface area contributed by atoms with Crippen LogP contribution in [0.2, 0.25) is 5.02 Å². The highest BCUT2D eigenvalue weighted by Gasteiger charge is 2.26. The third-order valence-electron chi connectivity index (χ3n) is 5.95. The summed E-state index contributed by atoms with van der Waals surface area (Å²) < 4.78 is 8.00. The Kier molecular flexibility index (Phi) is 6.63. The van der Waals surface area contributed by atoms with Gasteiger partial charge in [-0.05, 0) is 38.2 Å². The second-order valence-electron chi connectivity index (χ2n) is 8.01. The molecule has 2 aromatic rings. The summed E-state index contributed by atoms with van der Waals surface area (Å²) in [4.78, 5) is 7.22. The van der Waals surface area contributed by atoms with Crippen molar-refractivity contribution < 1.29 is 4.74 Å². The molecule has 0 aliphatic carbocycles. The van der Waals surface area contributed by atoms with Crippen molar-refractivity contribution in [3.8, 4) is 5.69 Å². The third kappa shape index (κ3) is 4.49. The van der Waals surface area contributed by atoms with Gasteiger partial charge in [0.2, 0.25) is 0 Å². The minimum Gasteiger partial charge on any atom is -0.403 e. The minimum absolute atomic E-state index is 0.179. The highest BCUT2D eigenvalue weighted by Crippen LogP contribution is 2.15. The van der Waals surface area contributed by atoms with Crippen molar-refractivity contribution in [3.05, 3.63) is 39.9 Å². The monoisotopic (exact) mass is 430 g/mol. The van der Waals surface area contributed by atoms with Gasteiger partial charge in [-0.1, -0.05) is 17.7 Å². The van der Waals surface area contributed by atoms with Gasteiger partial charge in [0.1, 0.15) is 0 Å². The number of nitrogens with two attached hydrogens (primary N) is 1. The molecule has 162 valence electrons. The van der Waals surface area contributed by atoms with Crippen molar-refractivity contribution >= 4 is 29.7 Å². The summed E-state index contributed by atoms with van der Waals surface area (Å²) in [6.45, 7) is 9.78. The van der Waals surface area contributed by atoms with Gasteiger partial charge < -0.3 is 20.3 Å². The fourth-order valence-corrected chi connectivity index (χ4v) is 4.35. The number of halogens is 1. The summed E-state index contributed by atoms with van der Waals surface area (Å²) in [5.74, 6) is 0.954. The quantitative estimate of drug-likeness (QED) is 0.761. The maximum absolute atomic E-state index is 6.11. The molecule has 0 bridgehead atoms. The fraction of sp³-hybridized carbons (Fsp3) is 0.500. The molecule has 2 aliphatic heterocycles. The van der Waals surface area contributed by atoms with Crippen LogP contribution in [0.1, 0.15) is 6.92 Å². The Labute approximate surface area is 182 Å². The van der Waals surface area contributed by atoms with Gasteiger partial charge in [-0.15, -0.1) is 5.10 Å². The van der Waals surface area contributed by atoms with Gasteiger partial charge in [0.15, 0.2) is 5.82 Å². The van der Waals surface area contributed by atoms with E-state index in [0.29, 0.717) is 11.6 Å². The molecule has 2 N–H and O–H groups in total. The lowest BCUT2D eigenvalue weighted by Gasteiger charge is -2.38. The van der Waals surface area contributed by atoms with Crippen LogP contribution >= 0.6 is 11.6 Å². The van der Waals surface area contributed by atoms with Crippen molar-refractivity contribution in [1.82, 2.24) is 19.6 Å². The molecule has 0 amide bonds. The molecule has 1 unspecified atom stereocenters. The van der Waals surface area contributed by atoms with E-state index in [1.807, 2.05) is 35.9 Å². The molecule has 1 aromatic carbocycles. The molecule has 2 fully saturated rings. The molecule has 0 spiro atoms. The Hall–Kier alpha value is -2.06. The van der Waals surface area contributed by atoms with Gasteiger partial charge in [-0.25, -0.2) is 4.68 Å². The Morgan fingerprint density at radius 2 is 1.90 bits per heavy atom. The van der Waals surface area contributed by atoms with Crippen LogP contribution in [0.15, 0.2) is 24.3 Å². The molecule has 2 saturated heterocycles. The van der Waals surface area contributed by atoms with E-state index in [0.717, 1.165) is 67.9 Å². The Morgan fingerprint density at radius 1 is 1.17 bits per heavy atom. The van der Waals surface area contributed by atoms with Crippen molar-refractivity contribution in [1.29, 1.82) is 0 Å². The van der Waals surface area contributed by atoms with Crippen LogP contribution < -0.4 is 21.2 Å². The Balaban J connectivity index is 1.58. The van der Waals surface area contributed by atoms with E-state index in [2.05, 4.69) is 27.8 Å². The second kappa shape index (κ2) is 9.39. The standard InChI is InChI=1S/C22H31ClN6O/c1-3-20-21(14-24)29(18-6-4-17(23)5-7-18)25-22(20)28-12-13-30-19(16-28)15-27-10-8-26(2)9-11-27/h3-7,14,19H,8-13,15-16,24H2,1-2H3/b20-3-,21-14+. The summed E-state index contributed by atoms with van der Waals surface area (Å²) in [6, 6.07) is 7.66. The number of anilines is 1. The summed E-state index contributed by atoms with van der Waals surface area (Å²) >= 11 is 6.07. The second-order valence-corrected chi connectivity index (χ2v) is 8.45. The number of likely N-dealkylation sites (N-methyl/N-ethyl adjacent to an activating group) is 1. The topological polar surface area (TPSA) is 62.8 Å². The summed E-state index contributed by atoms with van der Waals surface area (Å²) in [5.41, 5.74) is 6.95. The van der Waals surface area contributed by atoms with Crippen LogP contribution in [0.4, 0.5) is 5.82 Å². The molecule has 7 nitrogen and oxygen atoms in total. The van der Waals surface area contributed by atoms with Gasteiger partial charge in [0.05, 0.1) is 23.7 Å².